The van der Waals surface area contributed by atoms with Crippen molar-refractivity contribution in [1.29, 1.82) is 0 Å². The predicted molar refractivity (Wildman–Crippen MR) is 44.9 cm³/mol. The van der Waals surface area contributed by atoms with E-state index >= 15 is 0 Å². The maximum absolute atomic E-state index is 5.21. The summed E-state index contributed by atoms with van der Waals surface area (Å²) in [6.45, 7) is 4.47. The van der Waals surface area contributed by atoms with Crippen LogP contribution in [-0.4, -0.2) is 31.4 Å². The van der Waals surface area contributed by atoms with Crippen LogP contribution in [0, 0.1) is 5.92 Å². The molecule has 1 N–H and O–H groups in total. The van der Waals surface area contributed by atoms with Gasteiger partial charge in [-0.1, -0.05) is 13.8 Å². The van der Waals surface area contributed by atoms with E-state index in [1.54, 1.807) is 7.11 Å². The highest BCUT2D eigenvalue weighted by atomic mass is 16.5. The van der Waals surface area contributed by atoms with Crippen molar-refractivity contribution in [3.63, 3.8) is 0 Å². The van der Waals surface area contributed by atoms with Gasteiger partial charge in [-0.05, 0) is 5.92 Å². The standard InChI is InChI=1S/C8H18N2O/c1-6(2)7-5-8(11-4)9-10(7)3/h6-9H,5H2,1-4H3. The molecule has 1 fully saturated rings. The first kappa shape index (κ1) is 8.97. The Balaban J connectivity index is 2.45. The van der Waals surface area contributed by atoms with E-state index < -0.39 is 0 Å². The predicted octanol–water partition coefficient (Wildman–Crippen LogP) is 0.824. The fourth-order valence-corrected chi connectivity index (χ4v) is 1.62. The van der Waals surface area contributed by atoms with Crippen LogP contribution in [0.5, 0.6) is 0 Å². The van der Waals surface area contributed by atoms with E-state index in [2.05, 4.69) is 31.3 Å². The van der Waals surface area contributed by atoms with Crippen LogP contribution >= 0.6 is 0 Å². The maximum atomic E-state index is 5.21. The summed E-state index contributed by atoms with van der Waals surface area (Å²) in [4.78, 5) is 0. The van der Waals surface area contributed by atoms with E-state index in [1.165, 1.54) is 0 Å². The summed E-state index contributed by atoms with van der Waals surface area (Å²) in [5, 5.41) is 2.15. The molecule has 3 nitrogen and oxygen atoms in total. The number of hydrazine groups is 1. The van der Waals surface area contributed by atoms with Crippen LogP contribution in [0.4, 0.5) is 0 Å². The molecule has 2 atom stereocenters. The molecule has 0 aromatic heterocycles. The Morgan fingerprint density at radius 3 is 2.45 bits per heavy atom. The zero-order valence-electron chi connectivity index (χ0n) is 7.79. The molecule has 0 aliphatic carbocycles. The molecule has 0 bridgehead atoms. The van der Waals surface area contributed by atoms with Crippen molar-refractivity contribution in [2.45, 2.75) is 32.5 Å². The third-order valence-corrected chi connectivity index (χ3v) is 2.35. The molecule has 0 radical (unpaired) electrons. The molecule has 1 saturated heterocycles. The highest BCUT2D eigenvalue weighted by Crippen LogP contribution is 2.19. The second-order valence-corrected chi connectivity index (χ2v) is 3.51. The van der Waals surface area contributed by atoms with Gasteiger partial charge in [-0.15, -0.1) is 0 Å². The molecular formula is C8H18N2O. The SMILES string of the molecule is COC1CC(C(C)C)N(C)N1. The Morgan fingerprint density at radius 2 is 2.18 bits per heavy atom. The maximum Gasteiger partial charge on any atom is 0.121 e. The summed E-state index contributed by atoms with van der Waals surface area (Å²) in [6.07, 6.45) is 1.30. The lowest BCUT2D eigenvalue weighted by atomic mass is 10.0. The number of hydrogen-bond acceptors (Lipinski definition) is 3. The summed E-state index contributed by atoms with van der Waals surface area (Å²) < 4.78 is 5.21. The van der Waals surface area contributed by atoms with Gasteiger partial charge in [0.15, 0.2) is 0 Å². The largest absolute Gasteiger partial charge is 0.365 e. The first-order valence-corrected chi connectivity index (χ1v) is 4.17. The van der Waals surface area contributed by atoms with E-state index in [-0.39, 0.29) is 6.23 Å². The number of rotatable bonds is 2. The molecule has 3 heteroatoms. The second kappa shape index (κ2) is 3.52. The minimum absolute atomic E-state index is 0.215. The van der Waals surface area contributed by atoms with Crippen LogP contribution in [-0.2, 0) is 4.74 Å². The van der Waals surface area contributed by atoms with Crippen molar-refractivity contribution in [1.82, 2.24) is 10.4 Å². The lowest BCUT2D eigenvalue weighted by Gasteiger charge is -2.21. The highest BCUT2D eigenvalue weighted by Gasteiger charge is 2.30. The number of nitrogens with one attached hydrogen (secondary N) is 1. The Bertz CT molecular complexity index is 127. The van der Waals surface area contributed by atoms with Gasteiger partial charge in [0.05, 0.1) is 0 Å². The Labute approximate surface area is 68.7 Å². The molecule has 0 aromatic carbocycles. The average Bonchev–Trinajstić information content (AvgIpc) is 2.30. The lowest BCUT2D eigenvalue weighted by molar-refractivity contribution is 0.0612. The molecule has 1 aliphatic heterocycles. The Kier molecular flexibility index (Phi) is 2.87. The fourth-order valence-electron chi connectivity index (χ4n) is 1.62. The van der Waals surface area contributed by atoms with Gasteiger partial charge in [0, 0.05) is 26.6 Å². The number of nitrogens with zero attached hydrogens (tertiary/aromatic N) is 1. The van der Waals surface area contributed by atoms with E-state index in [9.17, 15) is 0 Å². The molecule has 0 aromatic rings. The number of methoxy groups -OCH3 is 1. The first-order valence-electron chi connectivity index (χ1n) is 4.17. The smallest absolute Gasteiger partial charge is 0.121 e. The third kappa shape index (κ3) is 1.92. The summed E-state index contributed by atoms with van der Waals surface area (Å²) in [5.41, 5.74) is 3.25. The monoisotopic (exact) mass is 158 g/mol. The molecule has 0 spiro atoms. The van der Waals surface area contributed by atoms with Crippen molar-refractivity contribution in [2.24, 2.45) is 5.92 Å². The van der Waals surface area contributed by atoms with Gasteiger partial charge in [0.25, 0.3) is 0 Å². The van der Waals surface area contributed by atoms with E-state index in [1.807, 2.05) is 0 Å². The van der Waals surface area contributed by atoms with E-state index in [0.717, 1.165) is 6.42 Å². The van der Waals surface area contributed by atoms with Crippen molar-refractivity contribution < 1.29 is 4.74 Å². The topological polar surface area (TPSA) is 24.5 Å². The Morgan fingerprint density at radius 1 is 1.55 bits per heavy atom. The lowest BCUT2D eigenvalue weighted by Crippen LogP contribution is -2.38. The number of hydrogen-bond donors (Lipinski definition) is 1. The minimum atomic E-state index is 0.215. The van der Waals surface area contributed by atoms with Crippen LogP contribution < -0.4 is 5.43 Å². The van der Waals surface area contributed by atoms with Crippen molar-refractivity contribution in [3.8, 4) is 0 Å². The van der Waals surface area contributed by atoms with Gasteiger partial charge in [-0.25, -0.2) is 10.4 Å². The van der Waals surface area contributed by atoms with Crippen LogP contribution in [0.15, 0.2) is 0 Å². The van der Waals surface area contributed by atoms with Crippen LogP contribution in [0.2, 0.25) is 0 Å². The normalized spacial score (nSPS) is 33.5. The molecule has 1 rings (SSSR count). The summed E-state index contributed by atoms with van der Waals surface area (Å²) in [7, 11) is 3.82. The first-order chi connectivity index (χ1) is 5.15. The molecule has 0 saturated carbocycles. The van der Waals surface area contributed by atoms with Crippen LogP contribution in [0.1, 0.15) is 20.3 Å². The molecule has 1 aliphatic rings. The Hall–Kier alpha value is -0.120. The van der Waals surface area contributed by atoms with Gasteiger partial charge in [0.2, 0.25) is 0 Å². The van der Waals surface area contributed by atoms with Gasteiger partial charge in [0.1, 0.15) is 6.23 Å². The van der Waals surface area contributed by atoms with Crippen molar-refractivity contribution in [2.75, 3.05) is 14.2 Å². The van der Waals surface area contributed by atoms with Gasteiger partial charge < -0.3 is 4.74 Å². The third-order valence-electron chi connectivity index (χ3n) is 2.35. The zero-order chi connectivity index (χ0) is 8.43. The molecule has 66 valence electrons. The summed E-state index contributed by atoms with van der Waals surface area (Å²) in [5.74, 6) is 0.688. The van der Waals surface area contributed by atoms with Gasteiger partial charge in [-0.2, -0.15) is 0 Å². The molecule has 2 unspecified atom stereocenters. The average molecular weight is 158 g/mol. The second-order valence-electron chi connectivity index (χ2n) is 3.51. The van der Waals surface area contributed by atoms with Crippen molar-refractivity contribution in [3.05, 3.63) is 0 Å². The molecule has 11 heavy (non-hydrogen) atoms. The molecular weight excluding hydrogens is 140 g/mol. The van der Waals surface area contributed by atoms with Gasteiger partial charge >= 0.3 is 0 Å². The van der Waals surface area contributed by atoms with Gasteiger partial charge in [-0.3, -0.25) is 0 Å². The molecule has 1 heterocycles. The van der Waals surface area contributed by atoms with E-state index in [0.29, 0.717) is 12.0 Å². The molecule has 0 amide bonds. The zero-order valence-corrected chi connectivity index (χ0v) is 7.79. The number of ether oxygens (including phenoxy) is 1. The summed E-state index contributed by atoms with van der Waals surface area (Å²) >= 11 is 0. The minimum Gasteiger partial charge on any atom is -0.365 e. The highest BCUT2D eigenvalue weighted by molar-refractivity contribution is 4.79. The van der Waals surface area contributed by atoms with Crippen LogP contribution in [0.3, 0.4) is 0 Å². The van der Waals surface area contributed by atoms with Crippen LogP contribution in [0.25, 0.3) is 0 Å². The van der Waals surface area contributed by atoms with Crippen molar-refractivity contribution >= 4 is 0 Å². The quantitative estimate of drug-likeness (QED) is 0.644. The fraction of sp³-hybridized carbons (Fsp3) is 1.00. The summed E-state index contributed by atoms with van der Waals surface area (Å²) in [6, 6.07) is 0.611. The van der Waals surface area contributed by atoms with E-state index in [4.69, 9.17) is 4.74 Å².